The van der Waals surface area contributed by atoms with E-state index in [0.717, 1.165) is 6.42 Å². The molecule has 9 heteroatoms. The summed E-state index contributed by atoms with van der Waals surface area (Å²) >= 11 is 0. The molecular weight excluding hydrogens is 374 g/mol. The lowest BCUT2D eigenvalue weighted by molar-refractivity contribution is -0.134. The Morgan fingerprint density at radius 3 is 2.28 bits per heavy atom. The zero-order valence-corrected chi connectivity index (χ0v) is 17.7. The first-order valence-electron chi connectivity index (χ1n) is 10.4. The summed E-state index contributed by atoms with van der Waals surface area (Å²) in [5.74, 6) is 0.482. The van der Waals surface area contributed by atoms with Gasteiger partial charge in [-0.2, -0.15) is 0 Å². The molecule has 0 bridgehead atoms. The molecule has 1 N–H and O–H groups in total. The first-order chi connectivity index (χ1) is 13.7. The van der Waals surface area contributed by atoms with Crippen LogP contribution in [0.4, 0.5) is 5.82 Å². The third-order valence-corrected chi connectivity index (χ3v) is 5.61. The molecule has 1 aromatic rings. The molecule has 0 spiro atoms. The molecule has 0 aromatic carbocycles. The van der Waals surface area contributed by atoms with Gasteiger partial charge in [0.05, 0.1) is 0 Å². The molecule has 0 saturated carbocycles. The topological polar surface area (TPSA) is 96.7 Å². The van der Waals surface area contributed by atoms with Gasteiger partial charge in [-0.15, -0.1) is 0 Å². The Labute approximate surface area is 170 Å². The van der Waals surface area contributed by atoms with Gasteiger partial charge in [0, 0.05) is 50.7 Å². The first-order valence-corrected chi connectivity index (χ1v) is 10.4. The molecule has 3 rings (SSSR count). The van der Waals surface area contributed by atoms with Crippen molar-refractivity contribution in [2.45, 2.75) is 65.1 Å². The number of amides is 2. The summed E-state index contributed by atoms with van der Waals surface area (Å²) in [5.41, 5.74) is -0.605. The van der Waals surface area contributed by atoms with E-state index in [-0.39, 0.29) is 35.1 Å². The van der Waals surface area contributed by atoms with Crippen LogP contribution in [0.25, 0.3) is 0 Å². The van der Waals surface area contributed by atoms with Crippen LogP contribution in [0.3, 0.4) is 0 Å². The Balaban J connectivity index is 1.85. The number of nitrogens with one attached hydrogen (secondary N) is 1. The second-order valence-corrected chi connectivity index (χ2v) is 8.38. The van der Waals surface area contributed by atoms with Crippen molar-refractivity contribution in [3.05, 3.63) is 26.9 Å². The lowest BCUT2D eigenvalue weighted by Crippen LogP contribution is -2.46. The van der Waals surface area contributed by atoms with Crippen LogP contribution in [0.2, 0.25) is 0 Å². The van der Waals surface area contributed by atoms with Crippen LogP contribution in [0, 0.1) is 0 Å². The molecule has 9 nitrogen and oxygen atoms in total. The van der Waals surface area contributed by atoms with Gasteiger partial charge in [-0.25, -0.2) is 4.79 Å². The standard InChI is InChI=1S/C20H31N5O4/c1-13(2)24-17(12-18(27)25(14(3)4)20(24)29)22-8-5-9-23(11-10-22)19(28)15-6-7-16(26)21-15/h12-15H,5-11H2,1-4H3,(H,21,26). The predicted octanol–water partition coefficient (Wildman–Crippen LogP) is 0.489. The van der Waals surface area contributed by atoms with Gasteiger partial charge in [0.25, 0.3) is 5.56 Å². The van der Waals surface area contributed by atoms with Crippen LogP contribution < -0.4 is 21.5 Å². The highest BCUT2D eigenvalue weighted by Gasteiger charge is 2.32. The Morgan fingerprint density at radius 2 is 1.69 bits per heavy atom. The molecule has 2 amide bonds. The fourth-order valence-corrected chi connectivity index (χ4v) is 4.15. The predicted molar refractivity (Wildman–Crippen MR) is 110 cm³/mol. The Kier molecular flexibility index (Phi) is 6.14. The number of nitrogens with zero attached hydrogens (tertiary/aromatic N) is 4. The summed E-state index contributed by atoms with van der Waals surface area (Å²) in [6.45, 7) is 9.77. The highest BCUT2D eigenvalue weighted by atomic mass is 16.2. The van der Waals surface area contributed by atoms with Crippen LogP contribution in [0.15, 0.2) is 15.7 Å². The second-order valence-electron chi connectivity index (χ2n) is 8.38. The van der Waals surface area contributed by atoms with Crippen molar-refractivity contribution in [1.82, 2.24) is 19.4 Å². The van der Waals surface area contributed by atoms with Crippen LogP contribution in [-0.4, -0.2) is 58.1 Å². The molecule has 2 aliphatic heterocycles. The maximum absolute atomic E-state index is 13.0. The molecular formula is C20H31N5O4. The lowest BCUT2D eigenvalue weighted by Gasteiger charge is -2.29. The molecule has 3 heterocycles. The molecule has 1 aromatic heterocycles. The Bertz CT molecular complexity index is 901. The van der Waals surface area contributed by atoms with E-state index in [9.17, 15) is 19.2 Å². The number of anilines is 1. The van der Waals surface area contributed by atoms with Gasteiger partial charge in [0.2, 0.25) is 11.8 Å². The van der Waals surface area contributed by atoms with Gasteiger partial charge in [0.1, 0.15) is 11.9 Å². The zero-order chi connectivity index (χ0) is 21.3. The highest BCUT2D eigenvalue weighted by Crippen LogP contribution is 2.19. The molecule has 2 fully saturated rings. The smallest absolute Gasteiger partial charge is 0.333 e. The average molecular weight is 405 g/mol. The van der Waals surface area contributed by atoms with Crippen molar-refractivity contribution < 1.29 is 9.59 Å². The first kappa shape index (κ1) is 21.1. The van der Waals surface area contributed by atoms with Crippen molar-refractivity contribution in [2.24, 2.45) is 0 Å². The van der Waals surface area contributed by atoms with Crippen molar-refractivity contribution in [1.29, 1.82) is 0 Å². The van der Waals surface area contributed by atoms with Crippen molar-refractivity contribution >= 4 is 17.6 Å². The SMILES string of the molecule is CC(C)n1c(N2CCCN(C(=O)C3CCC(=O)N3)CC2)cc(=O)n(C(C)C)c1=O. The molecule has 2 aliphatic rings. The molecule has 0 radical (unpaired) electrons. The monoisotopic (exact) mass is 405 g/mol. The van der Waals surface area contributed by atoms with Crippen LogP contribution in [0.5, 0.6) is 0 Å². The van der Waals surface area contributed by atoms with Crippen molar-refractivity contribution in [3.63, 3.8) is 0 Å². The summed E-state index contributed by atoms with van der Waals surface area (Å²) in [7, 11) is 0. The van der Waals surface area contributed by atoms with Crippen LogP contribution >= 0.6 is 0 Å². The van der Waals surface area contributed by atoms with E-state index in [0.29, 0.717) is 44.8 Å². The fraction of sp³-hybridized carbons (Fsp3) is 0.700. The van der Waals surface area contributed by atoms with E-state index in [1.165, 1.54) is 10.6 Å². The van der Waals surface area contributed by atoms with Crippen molar-refractivity contribution in [3.8, 4) is 0 Å². The van der Waals surface area contributed by atoms with E-state index in [1.54, 1.807) is 9.47 Å². The van der Waals surface area contributed by atoms with E-state index in [4.69, 9.17) is 0 Å². The summed E-state index contributed by atoms with van der Waals surface area (Å²) in [6, 6.07) is 0.791. The lowest BCUT2D eigenvalue weighted by atomic mass is 10.2. The summed E-state index contributed by atoms with van der Waals surface area (Å²) < 4.78 is 2.94. The number of hydrogen-bond donors (Lipinski definition) is 1. The van der Waals surface area contributed by atoms with Gasteiger partial charge < -0.3 is 15.1 Å². The zero-order valence-electron chi connectivity index (χ0n) is 17.7. The maximum Gasteiger partial charge on any atom is 0.333 e. The summed E-state index contributed by atoms with van der Waals surface area (Å²) in [4.78, 5) is 53.6. The van der Waals surface area contributed by atoms with E-state index in [2.05, 4.69) is 5.32 Å². The van der Waals surface area contributed by atoms with E-state index in [1.807, 2.05) is 32.6 Å². The van der Waals surface area contributed by atoms with Crippen LogP contribution in [0.1, 0.15) is 59.0 Å². The average Bonchev–Trinajstić information content (AvgIpc) is 2.92. The molecule has 0 aliphatic carbocycles. The number of aromatic nitrogens is 2. The number of carbonyl (C=O) groups is 2. The summed E-state index contributed by atoms with van der Waals surface area (Å²) in [6.07, 6.45) is 1.66. The number of hydrogen-bond acceptors (Lipinski definition) is 5. The van der Waals surface area contributed by atoms with E-state index < -0.39 is 6.04 Å². The number of rotatable bonds is 4. The third-order valence-electron chi connectivity index (χ3n) is 5.61. The fourth-order valence-electron chi connectivity index (χ4n) is 4.15. The minimum atomic E-state index is -0.433. The molecule has 1 unspecified atom stereocenters. The summed E-state index contributed by atoms with van der Waals surface area (Å²) in [5, 5.41) is 2.74. The Hall–Kier alpha value is -2.58. The molecule has 1 atom stereocenters. The normalized spacial score (nSPS) is 20.3. The van der Waals surface area contributed by atoms with Gasteiger partial charge >= 0.3 is 5.69 Å². The molecule has 29 heavy (non-hydrogen) atoms. The third kappa shape index (κ3) is 4.23. The van der Waals surface area contributed by atoms with Gasteiger partial charge in [-0.05, 0) is 40.5 Å². The van der Waals surface area contributed by atoms with E-state index >= 15 is 0 Å². The van der Waals surface area contributed by atoms with Gasteiger partial charge in [0.15, 0.2) is 0 Å². The maximum atomic E-state index is 13.0. The molecule has 160 valence electrons. The second kappa shape index (κ2) is 8.42. The van der Waals surface area contributed by atoms with Gasteiger partial charge in [-0.3, -0.25) is 23.5 Å². The van der Waals surface area contributed by atoms with Gasteiger partial charge in [-0.1, -0.05) is 0 Å². The molecule has 2 saturated heterocycles. The highest BCUT2D eigenvalue weighted by molar-refractivity contribution is 5.90. The largest absolute Gasteiger partial charge is 0.356 e. The number of carbonyl (C=O) groups excluding carboxylic acids is 2. The van der Waals surface area contributed by atoms with Crippen molar-refractivity contribution in [2.75, 3.05) is 31.1 Å². The minimum absolute atomic E-state index is 0.0471. The Morgan fingerprint density at radius 1 is 1.00 bits per heavy atom. The quantitative estimate of drug-likeness (QED) is 0.786. The van der Waals surface area contributed by atoms with Crippen LogP contribution in [-0.2, 0) is 9.59 Å². The minimum Gasteiger partial charge on any atom is -0.356 e.